The number of rotatable bonds is 5. The molecule has 0 aliphatic heterocycles. The standard InChI is InChI=1S/C15H16N2O3/c1-11(20-12(2)18)15-16-8-14(9-17-15)19-10-13-6-4-3-5-7-13/h3-9,11H,10H2,1-2H3. The van der Waals surface area contributed by atoms with Gasteiger partial charge in [-0.15, -0.1) is 0 Å². The highest BCUT2D eigenvalue weighted by molar-refractivity contribution is 5.66. The molecular weight excluding hydrogens is 256 g/mol. The molecule has 5 heteroatoms. The van der Waals surface area contributed by atoms with Crippen molar-refractivity contribution in [3.8, 4) is 5.75 Å². The molecule has 1 heterocycles. The average molecular weight is 272 g/mol. The zero-order chi connectivity index (χ0) is 14.4. The lowest BCUT2D eigenvalue weighted by Gasteiger charge is -2.11. The normalized spacial score (nSPS) is 11.7. The summed E-state index contributed by atoms with van der Waals surface area (Å²) >= 11 is 0. The van der Waals surface area contributed by atoms with E-state index in [0.717, 1.165) is 5.56 Å². The maximum atomic E-state index is 10.9. The molecule has 1 unspecified atom stereocenters. The Morgan fingerprint density at radius 1 is 1.20 bits per heavy atom. The van der Waals surface area contributed by atoms with Gasteiger partial charge in [-0.1, -0.05) is 30.3 Å². The van der Waals surface area contributed by atoms with Gasteiger partial charge in [-0.25, -0.2) is 9.97 Å². The smallest absolute Gasteiger partial charge is 0.303 e. The lowest BCUT2D eigenvalue weighted by molar-refractivity contribution is -0.146. The summed E-state index contributed by atoms with van der Waals surface area (Å²) in [5, 5.41) is 0. The lowest BCUT2D eigenvalue weighted by Crippen LogP contribution is -2.08. The maximum absolute atomic E-state index is 10.9. The molecule has 20 heavy (non-hydrogen) atoms. The monoisotopic (exact) mass is 272 g/mol. The second-order valence-corrected chi connectivity index (χ2v) is 4.30. The van der Waals surface area contributed by atoms with Gasteiger partial charge in [0.05, 0.1) is 12.4 Å². The van der Waals surface area contributed by atoms with E-state index in [2.05, 4.69) is 9.97 Å². The van der Waals surface area contributed by atoms with Crippen molar-refractivity contribution in [1.82, 2.24) is 9.97 Å². The molecule has 1 aromatic carbocycles. The lowest BCUT2D eigenvalue weighted by atomic mass is 10.2. The van der Waals surface area contributed by atoms with Gasteiger partial charge in [0.1, 0.15) is 6.61 Å². The molecule has 2 aromatic rings. The van der Waals surface area contributed by atoms with Crippen LogP contribution in [0, 0.1) is 0 Å². The third-order valence-electron chi connectivity index (χ3n) is 2.60. The van der Waals surface area contributed by atoms with Crippen LogP contribution in [0.2, 0.25) is 0 Å². The van der Waals surface area contributed by atoms with E-state index in [1.54, 1.807) is 19.3 Å². The summed E-state index contributed by atoms with van der Waals surface area (Å²) in [6.45, 7) is 3.54. The van der Waals surface area contributed by atoms with Crippen LogP contribution in [0.4, 0.5) is 0 Å². The highest BCUT2D eigenvalue weighted by Crippen LogP contribution is 2.15. The predicted octanol–water partition coefficient (Wildman–Crippen LogP) is 2.68. The summed E-state index contributed by atoms with van der Waals surface area (Å²) in [6, 6.07) is 9.84. The molecule has 0 saturated heterocycles. The van der Waals surface area contributed by atoms with Crippen LogP contribution in [-0.2, 0) is 16.1 Å². The number of carbonyl (C=O) groups excluding carboxylic acids is 1. The fraction of sp³-hybridized carbons (Fsp3) is 0.267. The van der Waals surface area contributed by atoms with Gasteiger partial charge in [0.2, 0.25) is 0 Å². The molecule has 0 spiro atoms. The Labute approximate surface area is 117 Å². The Bertz CT molecular complexity index is 555. The molecule has 0 fully saturated rings. The molecular formula is C15H16N2O3. The van der Waals surface area contributed by atoms with Crippen molar-refractivity contribution in [3.05, 3.63) is 54.1 Å². The zero-order valence-corrected chi connectivity index (χ0v) is 11.4. The van der Waals surface area contributed by atoms with Gasteiger partial charge in [-0.05, 0) is 12.5 Å². The summed E-state index contributed by atoms with van der Waals surface area (Å²) in [7, 11) is 0. The number of aromatic nitrogens is 2. The van der Waals surface area contributed by atoms with Gasteiger partial charge in [0.15, 0.2) is 17.7 Å². The fourth-order valence-electron chi connectivity index (χ4n) is 1.65. The van der Waals surface area contributed by atoms with Gasteiger partial charge in [0, 0.05) is 6.92 Å². The summed E-state index contributed by atoms with van der Waals surface area (Å²) in [5.74, 6) is 0.672. The van der Waals surface area contributed by atoms with E-state index in [1.165, 1.54) is 6.92 Å². The third-order valence-corrected chi connectivity index (χ3v) is 2.60. The van der Waals surface area contributed by atoms with E-state index in [4.69, 9.17) is 9.47 Å². The second kappa shape index (κ2) is 6.65. The third kappa shape index (κ3) is 4.05. The largest absolute Gasteiger partial charge is 0.486 e. The van der Waals surface area contributed by atoms with Crippen molar-refractivity contribution < 1.29 is 14.3 Å². The first-order valence-electron chi connectivity index (χ1n) is 6.31. The quantitative estimate of drug-likeness (QED) is 0.783. The minimum absolute atomic E-state index is 0.356. The minimum atomic E-state index is -0.462. The summed E-state index contributed by atoms with van der Waals surface area (Å²) in [4.78, 5) is 19.1. The van der Waals surface area contributed by atoms with Gasteiger partial charge in [-0.3, -0.25) is 4.79 Å². The molecule has 0 aliphatic carbocycles. The topological polar surface area (TPSA) is 61.3 Å². The van der Waals surface area contributed by atoms with E-state index in [-0.39, 0.29) is 5.97 Å². The zero-order valence-electron chi connectivity index (χ0n) is 11.4. The van der Waals surface area contributed by atoms with Crippen LogP contribution in [0.5, 0.6) is 5.75 Å². The van der Waals surface area contributed by atoms with Crippen LogP contribution in [0.25, 0.3) is 0 Å². The molecule has 0 aliphatic rings. The number of hydrogen-bond acceptors (Lipinski definition) is 5. The van der Waals surface area contributed by atoms with E-state index < -0.39 is 6.10 Å². The van der Waals surface area contributed by atoms with Crippen molar-refractivity contribution in [1.29, 1.82) is 0 Å². The second-order valence-electron chi connectivity index (χ2n) is 4.30. The van der Waals surface area contributed by atoms with Crippen molar-refractivity contribution in [3.63, 3.8) is 0 Å². The summed E-state index contributed by atoms with van der Waals surface area (Å²) in [6.07, 6.45) is 2.69. The first kappa shape index (κ1) is 14.0. The van der Waals surface area contributed by atoms with Gasteiger partial charge in [0.25, 0.3) is 0 Å². The van der Waals surface area contributed by atoms with Crippen LogP contribution in [-0.4, -0.2) is 15.9 Å². The number of benzene rings is 1. The van der Waals surface area contributed by atoms with Crippen LogP contribution >= 0.6 is 0 Å². The number of esters is 1. The molecule has 1 aromatic heterocycles. The highest BCUT2D eigenvalue weighted by atomic mass is 16.5. The average Bonchev–Trinajstić information content (AvgIpc) is 2.46. The Hall–Kier alpha value is -2.43. The Morgan fingerprint density at radius 3 is 2.45 bits per heavy atom. The van der Waals surface area contributed by atoms with Gasteiger partial charge < -0.3 is 9.47 Å². The van der Waals surface area contributed by atoms with E-state index in [9.17, 15) is 4.79 Å². The predicted molar refractivity (Wildman–Crippen MR) is 73.0 cm³/mol. The molecule has 0 amide bonds. The minimum Gasteiger partial charge on any atom is -0.486 e. The van der Waals surface area contributed by atoms with Crippen molar-refractivity contribution >= 4 is 5.97 Å². The Morgan fingerprint density at radius 2 is 1.85 bits per heavy atom. The number of hydrogen-bond donors (Lipinski definition) is 0. The number of ether oxygens (including phenoxy) is 2. The molecule has 0 bridgehead atoms. The van der Waals surface area contributed by atoms with Crippen molar-refractivity contribution in [2.24, 2.45) is 0 Å². The Balaban J connectivity index is 1.93. The van der Waals surface area contributed by atoms with E-state index >= 15 is 0 Å². The van der Waals surface area contributed by atoms with Gasteiger partial charge in [-0.2, -0.15) is 0 Å². The van der Waals surface area contributed by atoms with Crippen LogP contribution in [0.3, 0.4) is 0 Å². The van der Waals surface area contributed by atoms with Gasteiger partial charge >= 0.3 is 5.97 Å². The SMILES string of the molecule is CC(=O)OC(C)c1ncc(OCc2ccccc2)cn1. The van der Waals surface area contributed by atoms with Crippen molar-refractivity contribution in [2.45, 2.75) is 26.6 Å². The number of carbonyl (C=O) groups is 1. The first-order chi connectivity index (χ1) is 9.65. The molecule has 1 atom stereocenters. The highest BCUT2D eigenvalue weighted by Gasteiger charge is 2.11. The number of nitrogens with zero attached hydrogens (tertiary/aromatic N) is 2. The molecule has 104 valence electrons. The first-order valence-corrected chi connectivity index (χ1v) is 6.31. The van der Waals surface area contributed by atoms with Crippen molar-refractivity contribution in [2.75, 3.05) is 0 Å². The van der Waals surface area contributed by atoms with Crippen LogP contribution < -0.4 is 4.74 Å². The Kier molecular flexibility index (Phi) is 4.65. The summed E-state index contributed by atoms with van der Waals surface area (Å²) < 4.78 is 10.6. The summed E-state index contributed by atoms with van der Waals surface area (Å²) in [5.41, 5.74) is 1.07. The fourth-order valence-corrected chi connectivity index (χ4v) is 1.65. The molecule has 0 saturated carbocycles. The maximum Gasteiger partial charge on any atom is 0.303 e. The van der Waals surface area contributed by atoms with E-state index in [1.807, 2.05) is 30.3 Å². The van der Waals surface area contributed by atoms with Crippen LogP contribution in [0.1, 0.15) is 31.3 Å². The molecule has 0 N–H and O–H groups in total. The molecule has 0 radical (unpaired) electrons. The van der Waals surface area contributed by atoms with Crippen LogP contribution in [0.15, 0.2) is 42.7 Å². The molecule has 2 rings (SSSR count). The molecule has 5 nitrogen and oxygen atoms in total. The van der Waals surface area contributed by atoms with E-state index in [0.29, 0.717) is 18.2 Å².